The van der Waals surface area contributed by atoms with Crippen LogP contribution < -0.4 is 10.1 Å². The molecule has 1 fully saturated rings. The van der Waals surface area contributed by atoms with Gasteiger partial charge in [-0.15, -0.1) is 0 Å². The quantitative estimate of drug-likeness (QED) is 0.432. The number of benzene rings is 1. The number of likely N-dealkylation sites (tertiary alicyclic amines) is 1. The first kappa shape index (κ1) is 21.8. The van der Waals surface area contributed by atoms with Crippen molar-refractivity contribution >= 4 is 11.9 Å². The summed E-state index contributed by atoms with van der Waals surface area (Å²) in [5.74, 6) is -0.675. The molecule has 6 nitrogen and oxygen atoms in total. The Kier molecular flexibility index (Phi) is 8.41. The molecular formula is C19H26F3N3O3. The Balaban J connectivity index is 2.09. The molecule has 0 amide bonds. The Morgan fingerprint density at radius 3 is 2.64 bits per heavy atom. The van der Waals surface area contributed by atoms with Gasteiger partial charge in [0.1, 0.15) is 11.6 Å². The minimum Gasteiger partial charge on any atom is -0.466 e. The molecule has 1 heterocycles. The fraction of sp³-hybridized carbons (Fsp3) is 0.579. The molecule has 1 N–H and O–H groups in total. The van der Waals surface area contributed by atoms with Crippen molar-refractivity contribution in [1.82, 2.24) is 10.2 Å². The van der Waals surface area contributed by atoms with Crippen molar-refractivity contribution in [3.8, 4) is 5.75 Å². The standard InChI is InChI=1S/C19H26F3N3O3/c1-3-23-19(25-10-8-13(9-11-25)17(26)27-4-2)24-12-14-15(20)6-5-7-16(14)28-18(21)22/h5-7,13,18H,3-4,8-12H2,1-2H3,(H,23,24). The van der Waals surface area contributed by atoms with E-state index in [4.69, 9.17) is 4.74 Å². The first-order valence-corrected chi connectivity index (χ1v) is 9.38. The minimum atomic E-state index is -3.04. The smallest absolute Gasteiger partial charge is 0.387 e. The largest absolute Gasteiger partial charge is 0.466 e. The van der Waals surface area contributed by atoms with Gasteiger partial charge in [-0.25, -0.2) is 9.38 Å². The van der Waals surface area contributed by atoms with Crippen LogP contribution in [0.2, 0.25) is 0 Å². The van der Waals surface area contributed by atoms with E-state index >= 15 is 0 Å². The second-order valence-corrected chi connectivity index (χ2v) is 6.28. The number of hydrogen-bond acceptors (Lipinski definition) is 4. The van der Waals surface area contributed by atoms with E-state index in [2.05, 4.69) is 15.0 Å². The molecule has 0 unspecified atom stereocenters. The third-order valence-electron chi connectivity index (χ3n) is 4.43. The number of alkyl halides is 2. The Morgan fingerprint density at radius 1 is 1.32 bits per heavy atom. The van der Waals surface area contributed by atoms with E-state index in [1.54, 1.807) is 6.92 Å². The van der Waals surface area contributed by atoms with E-state index in [-0.39, 0.29) is 29.7 Å². The molecule has 1 aromatic carbocycles. The topological polar surface area (TPSA) is 63.2 Å². The maximum atomic E-state index is 14.1. The average molecular weight is 401 g/mol. The first-order valence-electron chi connectivity index (χ1n) is 9.38. The molecule has 2 rings (SSSR count). The number of esters is 1. The van der Waals surface area contributed by atoms with Gasteiger partial charge in [0.05, 0.1) is 24.6 Å². The van der Waals surface area contributed by atoms with E-state index in [1.165, 1.54) is 18.2 Å². The van der Waals surface area contributed by atoms with Crippen LogP contribution in [-0.2, 0) is 16.1 Å². The number of ether oxygens (including phenoxy) is 2. The SMILES string of the molecule is CCNC(=NCc1c(F)cccc1OC(F)F)N1CCC(C(=O)OCC)CC1. The van der Waals surface area contributed by atoms with Crippen molar-refractivity contribution in [3.63, 3.8) is 0 Å². The molecule has 1 aliphatic heterocycles. The van der Waals surface area contributed by atoms with E-state index in [9.17, 15) is 18.0 Å². The molecular weight excluding hydrogens is 375 g/mol. The highest BCUT2D eigenvalue weighted by Crippen LogP contribution is 2.25. The Morgan fingerprint density at radius 2 is 2.04 bits per heavy atom. The highest BCUT2D eigenvalue weighted by atomic mass is 19.3. The molecule has 0 aliphatic carbocycles. The maximum absolute atomic E-state index is 14.1. The lowest BCUT2D eigenvalue weighted by atomic mass is 9.97. The van der Waals surface area contributed by atoms with Crippen molar-refractivity contribution in [2.24, 2.45) is 10.9 Å². The molecule has 156 valence electrons. The number of hydrogen-bond donors (Lipinski definition) is 1. The lowest BCUT2D eigenvalue weighted by molar-refractivity contribution is -0.149. The second-order valence-electron chi connectivity index (χ2n) is 6.28. The van der Waals surface area contributed by atoms with Gasteiger partial charge in [-0.1, -0.05) is 6.07 Å². The molecule has 28 heavy (non-hydrogen) atoms. The van der Waals surface area contributed by atoms with Gasteiger partial charge in [0.15, 0.2) is 5.96 Å². The van der Waals surface area contributed by atoms with Crippen molar-refractivity contribution < 1.29 is 27.4 Å². The van der Waals surface area contributed by atoms with Gasteiger partial charge in [-0.2, -0.15) is 8.78 Å². The van der Waals surface area contributed by atoms with E-state index < -0.39 is 12.4 Å². The number of aliphatic imine (C=N–C) groups is 1. The summed E-state index contributed by atoms with van der Waals surface area (Å²) in [7, 11) is 0. The fourth-order valence-electron chi connectivity index (χ4n) is 3.07. The van der Waals surface area contributed by atoms with Crippen molar-refractivity contribution in [2.45, 2.75) is 39.8 Å². The summed E-state index contributed by atoms with van der Waals surface area (Å²) in [6.07, 6.45) is 1.26. The first-order chi connectivity index (χ1) is 13.5. The summed E-state index contributed by atoms with van der Waals surface area (Å²) >= 11 is 0. The molecule has 1 saturated heterocycles. The molecule has 0 atom stereocenters. The number of rotatable bonds is 7. The lowest BCUT2D eigenvalue weighted by Gasteiger charge is -2.33. The molecule has 0 saturated carbocycles. The third kappa shape index (κ3) is 6.03. The van der Waals surface area contributed by atoms with Crippen LogP contribution in [0, 0.1) is 11.7 Å². The van der Waals surface area contributed by atoms with Gasteiger partial charge in [0, 0.05) is 19.6 Å². The molecule has 0 aromatic heterocycles. The predicted octanol–water partition coefficient (Wildman–Crippen LogP) is 3.17. The van der Waals surface area contributed by atoms with Crippen LogP contribution in [0.5, 0.6) is 5.75 Å². The highest BCUT2D eigenvalue weighted by molar-refractivity contribution is 5.80. The van der Waals surface area contributed by atoms with Crippen LogP contribution in [0.15, 0.2) is 23.2 Å². The van der Waals surface area contributed by atoms with E-state index in [0.717, 1.165) is 0 Å². The van der Waals surface area contributed by atoms with Crippen molar-refractivity contribution in [3.05, 3.63) is 29.6 Å². The molecule has 0 spiro atoms. The number of nitrogens with zero attached hydrogens (tertiary/aromatic N) is 2. The number of piperidine rings is 1. The monoisotopic (exact) mass is 401 g/mol. The summed E-state index contributed by atoms with van der Waals surface area (Å²) in [5.41, 5.74) is -0.0281. The number of guanidine groups is 1. The molecule has 1 aliphatic rings. The second kappa shape index (κ2) is 10.8. The maximum Gasteiger partial charge on any atom is 0.387 e. The zero-order valence-corrected chi connectivity index (χ0v) is 16.1. The number of nitrogens with one attached hydrogen (secondary N) is 1. The lowest BCUT2D eigenvalue weighted by Crippen LogP contribution is -2.46. The van der Waals surface area contributed by atoms with Crippen LogP contribution in [-0.4, -0.2) is 49.7 Å². The van der Waals surface area contributed by atoms with Gasteiger partial charge >= 0.3 is 12.6 Å². The summed E-state index contributed by atoms with van der Waals surface area (Å²) in [5, 5.41) is 3.12. The van der Waals surface area contributed by atoms with Crippen LogP contribution in [0.3, 0.4) is 0 Å². The van der Waals surface area contributed by atoms with Crippen molar-refractivity contribution in [1.29, 1.82) is 0 Å². The zero-order chi connectivity index (χ0) is 20.5. The zero-order valence-electron chi connectivity index (χ0n) is 16.1. The summed E-state index contributed by atoms with van der Waals surface area (Å²) in [6.45, 7) is 2.62. The summed E-state index contributed by atoms with van der Waals surface area (Å²) in [6, 6.07) is 3.78. The average Bonchev–Trinajstić information content (AvgIpc) is 2.66. The molecule has 9 heteroatoms. The number of carbonyl (C=O) groups is 1. The predicted molar refractivity (Wildman–Crippen MR) is 98.8 cm³/mol. The fourth-order valence-corrected chi connectivity index (χ4v) is 3.07. The van der Waals surface area contributed by atoms with Crippen LogP contribution in [0.4, 0.5) is 13.2 Å². The van der Waals surface area contributed by atoms with Crippen LogP contribution in [0.1, 0.15) is 32.3 Å². The van der Waals surface area contributed by atoms with Gasteiger partial charge in [-0.3, -0.25) is 4.79 Å². The van der Waals surface area contributed by atoms with Crippen LogP contribution in [0.25, 0.3) is 0 Å². The number of carbonyl (C=O) groups excluding carboxylic acids is 1. The van der Waals surface area contributed by atoms with Gasteiger partial charge in [0.25, 0.3) is 0 Å². The Labute approximate surface area is 162 Å². The molecule has 0 radical (unpaired) electrons. The summed E-state index contributed by atoms with van der Waals surface area (Å²) in [4.78, 5) is 18.2. The molecule has 1 aromatic rings. The number of halogens is 3. The Bertz CT molecular complexity index is 678. The van der Waals surface area contributed by atoms with Gasteiger partial charge in [-0.05, 0) is 38.8 Å². The normalized spacial score (nSPS) is 15.6. The highest BCUT2D eigenvalue weighted by Gasteiger charge is 2.27. The minimum absolute atomic E-state index is 0.0281. The third-order valence-corrected chi connectivity index (χ3v) is 4.43. The Hall–Kier alpha value is -2.45. The van der Waals surface area contributed by atoms with Crippen molar-refractivity contribution in [2.75, 3.05) is 26.2 Å². The molecule has 0 bridgehead atoms. The van der Waals surface area contributed by atoms with Crippen LogP contribution >= 0.6 is 0 Å². The van der Waals surface area contributed by atoms with E-state index in [0.29, 0.717) is 45.0 Å². The van der Waals surface area contributed by atoms with Gasteiger partial charge in [0.2, 0.25) is 0 Å². The summed E-state index contributed by atoms with van der Waals surface area (Å²) < 4.78 is 48.7. The van der Waals surface area contributed by atoms with E-state index in [1.807, 2.05) is 11.8 Å². The van der Waals surface area contributed by atoms with Gasteiger partial charge < -0.3 is 19.7 Å².